The molecule has 8 heteroatoms. The molecule has 1 aromatic carbocycles. The van der Waals surface area contributed by atoms with Crippen LogP contribution < -0.4 is 0 Å². The highest BCUT2D eigenvalue weighted by Crippen LogP contribution is 2.33. The van der Waals surface area contributed by atoms with E-state index in [9.17, 15) is 9.18 Å². The van der Waals surface area contributed by atoms with Crippen molar-refractivity contribution < 1.29 is 9.18 Å². The fourth-order valence-electron chi connectivity index (χ4n) is 3.40. The molecule has 0 saturated carbocycles. The van der Waals surface area contributed by atoms with Crippen LogP contribution in [0.3, 0.4) is 0 Å². The quantitative estimate of drug-likeness (QED) is 0.689. The number of halogens is 2. The second-order valence-corrected chi connectivity index (χ2v) is 6.99. The van der Waals surface area contributed by atoms with Gasteiger partial charge in [-0.3, -0.25) is 4.79 Å². The number of fused-ring (bicyclic) bond motifs is 1. The van der Waals surface area contributed by atoms with Crippen LogP contribution in [-0.4, -0.2) is 50.0 Å². The Hall–Kier alpha value is -2.54. The lowest BCUT2D eigenvalue weighted by atomic mass is 10.1. The summed E-state index contributed by atoms with van der Waals surface area (Å²) in [6.07, 6.45) is 0.0862. The van der Waals surface area contributed by atoms with Crippen molar-refractivity contribution in [1.29, 1.82) is 0 Å². The molecule has 1 aliphatic heterocycles. The van der Waals surface area contributed by atoms with Crippen molar-refractivity contribution in [2.45, 2.75) is 32.5 Å². The van der Waals surface area contributed by atoms with Gasteiger partial charge in [0.2, 0.25) is 5.91 Å². The number of rotatable bonds is 4. The molecule has 1 unspecified atom stereocenters. The largest absolute Gasteiger partial charge is 0.338 e. The van der Waals surface area contributed by atoms with E-state index < -0.39 is 6.17 Å². The fourth-order valence-corrected chi connectivity index (χ4v) is 3.74. The number of likely N-dealkylation sites (tertiary alicyclic amines) is 1. The molecule has 0 aliphatic carbocycles. The van der Waals surface area contributed by atoms with Gasteiger partial charge in [0.25, 0.3) is 0 Å². The summed E-state index contributed by atoms with van der Waals surface area (Å²) in [6.45, 7) is 2.55. The SMILES string of the molecule is CCc1nn(CC(=O)N2CCC(F)C2)c2nnc(-c3ccccc3)c(Cl)c12. The lowest BCUT2D eigenvalue weighted by Gasteiger charge is -2.15. The van der Waals surface area contributed by atoms with Gasteiger partial charge in [-0.15, -0.1) is 10.2 Å². The zero-order valence-corrected chi connectivity index (χ0v) is 15.7. The van der Waals surface area contributed by atoms with E-state index >= 15 is 0 Å². The van der Waals surface area contributed by atoms with Gasteiger partial charge in [0.05, 0.1) is 22.6 Å². The Kier molecular flexibility index (Phi) is 4.78. The Bertz CT molecular complexity index is 991. The Morgan fingerprint density at radius 3 is 2.74 bits per heavy atom. The molecular weight excluding hydrogens is 369 g/mol. The minimum absolute atomic E-state index is 0.00108. The first-order valence-corrected chi connectivity index (χ1v) is 9.35. The molecule has 0 bridgehead atoms. The predicted octanol–water partition coefficient (Wildman–Crippen LogP) is 3.28. The van der Waals surface area contributed by atoms with Gasteiger partial charge in [-0.1, -0.05) is 48.9 Å². The molecule has 3 heterocycles. The number of hydrogen-bond acceptors (Lipinski definition) is 4. The first-order valence-electron chi connectivity index (χ1n) is 8.97. The summed E-state index contributed by atoms with van der Waals surface area (Å²) in [5, 5.41) is 14.3. The lowest BCUT2D eigenvalue weighted by molar-refractivity contribution is -0.131. The van der Waals surface area contributed by atoms with E-state index in [2.05, 4.69) is 15.3 Å². The zero-order chi connectivity index (χ0) is 19.0. The van der Waals surface area contributed by atoms with Crippen LogP contribution in [0.15, 0.2) is 30.3 Å². The number of carbonyl (C=O) groups is 1. The van der Waals surface area contributed by atoms with Crippen LogP contribution in [0.4, 0.5) is 4.39 Å². The third-order valence-corrected chi connectivity index (χ3v) is 5.19. The molecule has 4 rings (SSSR count). The predicted molar refractivity (Wildman–Crippen MR) is 101 cm³/mol. The lowest BCUT2D eigenvalue weighted by Crippen LogP contribution is -2.32. The molecule has 0 N–H and O–H groups in total. The van der Waals surface area contributed by atoms with Gasteiger partial charge in [0.1, 0.15) is 18.4 Å². The minimum atomic E-state index is -0.947. The number of benzene rings is 1. The van der Waals surface area contributed by atoms with Crippen molar-refractivity contribution in [2.24, 2.45) is 0 Å². The topological polar surface area (TPSA) is 63.9 Å². The smallest absolute Gasteiger partial charge is 0.244 e. The minimum Gasteiger partial charge on any atom is -0.338 e. The molecule has 1 fully saturated rings. The van der Waals surface area contributed by atoms with Gasteiger partial charge in [0, 0.05) is 12.1 Å². The first-order chi connectivity index (χ1) is 13.1. The van der Waals surface area contributed by atoms with Crippen LogP contribution in [0.5, 0.6) is 0 Å². The van der Waals surface area contributed by atoms with Crippen molar-refractivity contribution in [3.05, 3.63) is 41.0 Å². The molecule has 3 aromatic rings. The molecule has 0 radical (unpaired) electrons. The number of amides is 1. The summed E-state index contributed by atoms with van der Waals surface area (Å²) in [7, 11) is 0. The maximum Gasteiger partial charge on any atom is 0.244 e. The summed E-state index contributed by atoms with van der Waals surface area (Å²) >= 11 is 6.66. The third kappa shape index (κ3) is 3.27. The van der Waals surface area contributed by atoms with Crippen LogP contribution in [0.25, 0.3) is 22.3 Å². The molecule has 1 atom stereocenters. The van der Waals surface area contributed by atoms with Gasteiger partial charge in [0.15, 0.2) is 5.65 Å². The van der Waals surface area contributed by atoms with E-state index in [-0.39, 0.29) is 19.0 Å². The van der Waals surface area contributed by atoms with E-state index in [0.29, 0.717) is 41.1 Å². The second kappa shape index (κ2) is 7.23. The Balaban J connectivity index is 1.73. The van der Waals surface area contributed by atoms with Crippen molar-refractivity contribution in [1.82, 2.24) is 24.9 Å². The molecule has 140 valence electrons. The second-order valence-electron chi connectivity index (χ2n) is 6.61. The maximum absolute atomic E-state index is 13.4. The molecule has 6 nitrogen and oxygen atoms in total. The number of carbonyl (C=O) groups excluding carboxylic acids is 1. The normalized spacial score (nSPS) is 17.0. The van der Waals surface area contributed by atoms with Gasteiger partial charge in [-0.05, 0) is 12.8 Å². The van der Waals surface area contributed by atoms with Crippen LogP contribution in [0.1, 0.15) is 19.0 Å². The number of aryl methyl sites for hydroxylation is 1. The van der Waals surface area contributed by atoms with Gasteiger partial charge >= 0.3 is 0 Å². The van der Waals surface area contributed by atoms with Gasteiger partial charge in [-0.25, -0.2) is 9.07 Å². The fraction of sp³-hybridized carbons (Fsp3) is 0.368. The summed E-state index contributed by atoms with van der Waals surface area (Å²) in [5.74, 6) is -0.174. The molecule has 1 amide bonds. The summed E-state index contributed by atoms with van der Waals surface area (Å²) in [6, 6.07) is 9.58. The molecule has 0 spiro atoms. The highest BCUT2D eigenvalue weighted by Gasteiger charge is 2.27. The van der Waals surface area contributed by atoms with E-state index in [0.717, 1.165) is 11.3 Å². The molecule has 1 aliphatic rings. The first kappa shape index (κ1) is 17.9. The third-order valence-electron chi connectivity index (χ3n) is 4.82. The number of hydrogen-bond donors (Lipinski definition) is 0. The van der Waals surface area contributed by atoms with E-state index in [4.69, 9.17) is 11.6 Å². The Morgan fingerprint density at radius 2 is 2.07 bits per heavy atom. The zero-order valence-electron chi connectivity index (χ0n) is 14.9. The van der Waals surface area contributed by atoms with Gasteiger partial charge < -0.3 is 4.90 Å². The average molecular weight is 388 g/mol. The average Bonchev–Trinajstić information content (AvgIpc) is 3.27. The van der Waals surface area contributed by atoms with E-state index in [1.165, 1.54) is 9.58 Å². The Morgan fingerprint density at radius 1 is 1.30 bits per heavy atom. The van der Waals surface area contributed by atoms with Crippen LogP contribution in [-0.2, 0) is 17.8 Å². The van der Waals surface area contributed by atoms with E-state index in [1.54, 1.807) is 0 Å². The highest BCUT2D eigenvalue weighted by molar-refractivity contribution is 6.37. The highest BCUT2D eigenvalue weighted by atomic mass is 35.5. The number of aromatic nitrogens is 4. The molecule has 27 heavy (non-hydrogen) atoms. The number of alkyl halides is 1. The summed E-state index contributed by atoms with van der Waals surface area (Å²) < 4.78 is 14.9. The van der Waals surface area contributed by atoms with Crippen molar-refractivity contribution in [2.75, 3.05) is 13.1 Å². The standard InChI is InChI=1S/C19H19ClFN5O/c1-2-14-16-17(20)18(12-6-4-3-5-7-12)22-23-19(16)26(24-14)11-15(27)25-9-8-13(21)10-25/h3-7,13H,2,8-11H2,1H3. The van der Waals surface area contributed by atoms with E-state index in [1.807, 2.05) is 37.3 Å². The van der Waals surface area contributed by atoms with Gasteiger partial charge in [-0.2, -0.15) is 5.10 Å². The monoisotopic (exact) mass is 387 g/mol. The molecule has 1 saturated heterocycles. The number of nitrogens with zero attached hydrogens (tertiary/aromatic N) is 5. The van der Waals surface area contributed by atoms with Crippen LogP contribution in [0, 0.1) is 0 Å². The van der Waals surface area contributed by atoms with Crippen molar-refractivity contribution >= 4 is 28.5 Å². The van der Waals surface area contributed by atoms with Crippen LogP contribution >= 0.6 is 11.6 Å². The summed E-state index contributed by atoms with van der Waals surface area (Å²) in [5.41, 5.74) is 2.69. The van der Waals surface area contributed by atoms with Crippen molar-refractivity contribution in [3.63, 3.8) is 0 Å². The van der Waals surface area contributed by atoms with Crippen molar-refractivity contribution in [3.8, 4) is 11.3 Å². The summed E-state index contributed by atoms with van der Waals surface area (Å²) in [4.78, 5) is 14.0. The Labute approximate surface area is 160 Å². The maximum atomic E-state index is 13.4. The molecule has 2 aromatic heterocycles. The van der Waals surface area contributed by atoms with Crippen LogP contribution in [0.2, 0.25) is 5.02 Å². The molecular formula is C19H19ClFN5O.